The van der Waals surface area contributed by atoms with Gasteiger partial charge >= 0.3 is 6.03 Å². The SMILES string of the molecule is O=C(NCc1cnn(-c2ccccc2)c1)c1ccc(CN2C(=O)CNC2=O)cc1. The highest BCUT2D eigenvalue weighted by Crippen LogP contribution is 2.11. The molecule has 2 heterocycles. The van der Waals surface area contributed by atoms with E-state index in [9.17, 15) is 14.4 Å². The van der Waals surface area contributed by atoms with Gasteiger partial charge in [-0.3, -0.25) is 14.5 Å². The summed E-state index contributed by atoms with van der Waals surface area (Å²) in [5, 5.41) is 9.66. The zero-order valence-corrected chi connectivity index (χ0v) is 15.5. The minimum Gasteiger partial charge on any atom is -0.348 e. The van der Waals surface area contributed by atoms with Gasteiger partial charge in [0.25, 0.3) is 5.91 Å². The fourth-order valence-electron chi connectivity index (χ4n) is 3.02. The summed E-state index contributed by atoms with van der Waals surface area (Å²) in [7, 11) is 0. The van der Waals surface area contributed by atoms with Gasteiger partial charge in [-0.25, -0.2) is 9.48 Å². The van der Waals surface area contributed by atoms with Crippen molar-refractivity contribution in [2.75, 3.05) is 6.54 Å². The first-order chi connectivity index (χ1) is 14.1. The molecule has 0 aliphatic carbocycles. The molecule has 1 fully saturated rings. The third-order valence-electron chi connectivity index (χ3n) is 4.60. The van der Waals surface area contributed by atoms with Gasteiger partial charge in [0.2, 0.25) is 5.91 Å². The monoisotopic (exact) mass is 389 g/mol. The van der Waals surface area contributed by atoms with E-state index in [0.29, 0.717) is 12.1 Å². The number of nitrogens with one attached hydrogen (secondary N) is 2. The lowest BCUT2D eigenvalue weighted by Gasteiger charge is -2.12. The molecule has 0 spiro atoms. The first kappa shape index (κ1) is 18.4. The number of imide groups is 1. The molecule has 146 valence electrons. The number of rotatable bonds is 6. The molecule has 0 radical (unpaired) electrons. The van der Waals surface area contributed by atoms with Crippen LogP contribution in [0.15, 0.2) is 67.0 Å². The molecule has 29 heavy (non-hydrogen) atoms. The Morgan fingerprint density at radius 2 is 1.79 bits per heavy atom. The zero-order valence-electron chi connectivity index (χ0n) is 15.5. The third kappa shape index (κ3) is 4.16. The standard InChI is InChI=1S/C21H19N5O3/c27-19-12-23-21(29)25(19)13-15-6-8-17(9-7-15)20(28)22-10-16-11-24-26(14-16)18-4-2-1-3-5-18/h1-9,11,14H,10,12-13H2,(H,22,28)(H,23,29). The second kappa shape index (κ2) is 7.97. The van der Waals surface area contributed by atoms with Crippen molar-refractivity contribution in [1.82, 2.24) is 25.3 Å². The van der Waals surface area contributed by atoms with E-state index in [1.165, 1.54) is 0 Å². The number of carbonyl (C=O) groups is 3. The summed E-state index contributed by atoms with van der Waals surface area (Å²) in [5.74, 6) is -0.466. The van der Waals surface area contributed by atoms with Crippen molar-refractivity contribution in [3.05, 3.63) is 83.7 Å². The molecule has 4 amide bonds. The van der Waals surface area contributed by atoms with E-state index in [-0.39, 0.29) is 24.9 Å². The molecule has 0 unspecified atom stereocenters. The number of benzene rings is 2. The number of aromatic nitrogens is 2. The first-order valence-electron chi connectivity index (χ1n) is 9.14. The van der Waals surface area contributed by atoms with Crippen molar-refractivity contribution < 1.29 is 14.4 Å². The maximum absolute atomic E-state index is 12.4. The molecular weight excluding hydrogens is 370 g/mol. The van der Waals surface area contributed by atoms with E-state index >= 15 is 0 Å². The molecule has 8 heteroatoms. The lowest BCUT2D eigenvalue weighted by molar-refractivity contribution is -0.125. The van der Waals surface area contributed by atoms with Crippen molar-refractivity contribution in [2.45, 2.75) is 13.1 Å². The number of para-hydroxylation sites is 1. The third-order valence-corrected chi connectivity index (χ3v) is 4.60. The first-order valence-corrected chi connectivity index (χ1v) is 9.14. The number of nitrogens with zero attached hydrogens (tertiary/aromatic N) is 3. The summed E-state index contributed by atoms with van der Waals surface area (Å²) in [6.07, 6.45) is 3.59. The number of hydrogen-bond acceptors (Lipinski definition) is 4. The van der Waals surface area contributed by atoms with Crippen molar-refractivity contribution in [1.29, 1.82) is 0 Å². The molecule has 1 aliphatic rings. The Kier molecular flexibility index (Phi) is 5.07. The molecule has 1 aliphatic heterocycles. The van der Waals surface area contributed by atoms with Crippen molar-refractivity contribution in [3.8, 4) is 5.69 Å². The van der Waals surface area contributed by atoms with Gasteiger partial charge in [-0.05, 0) is 29.8 Å². The maximum atomic E-state index is 12.4. The highest BCUT2D eigenvalue weighted by Gasteiger charge is 2.28. The smallest absolute Gasteiger partial charge is 0.324 e. The predicted octanol–water partition coefficient (Wildman–Crippen LogP) is 1.85. The Bertz CT molecular complexity index is 1030. The Labute approximate surface area is 167 Å². The normalized spacial score (nSPS) is 13.4. The van der Waals surface area contributed by atoms with Crippen LogP contribution in [-0.2, 0) is 17.9 Å². The van der Waals surface area contributed by atoms with E-state index < -0.39 is 6.03 Å². The van der Waals surface area contributed by atoms with Gasteiger partial charge in [-0.1, -0.05) is 30.3 Å². The lowest BCUT2D eigenvalue weighted by Crippen LogP contribution is -2.30. The summed E-state index contributed by atoms with van der Waals surface area (Å²) < 4.78 is 1.76. The van der Waals surface area contributed by atoms with Crippen molar-refractivity contribution in [3.63, 3.8) is 0 Å². The fraction of sp³-hybridized carbons (Fsp3) is 0.143. The average Bonchev–Trinajstić information content (AvgIpc) is 3.35. The van der Waals surface area contributed by atoms with E-state index in [1.807, 2.05) is 36.5 Å². The van der Waals surface area contributed by atoms with Gasteiger partial charge < -0.3 is 10.6 Å². The lowest BCUT2D eigenvalue weighted by atomic mass is 10.1. The van der Waals surface area contributed by atoms with Crippen LogP contribution in [0.3, 0.4) is 0 Å². The Hall–Kier alpha value is -3.94. The van der Waals surface area contributed by atoms with Gasteiger partial charge in [0, 0.05) is 23.9 Å². The van der Waals surface area contributed by atoms with Gasteiger partial charge in [-0.15, -0.1) is 0 Å². The summed E-state index contributed by atoms with van der Waals surface area (Å²) in [6.45, 7) is 0.571. The highest BCUT2D eigenvalue weighted by molar-refractivity contribution is 6.01. The summed E-state index contributed by atoms with van der Waals surface area (Å²) in [6, 6.07) is 16.2. The summed E-state index contributed by atoms with van der Waals surface area (Å²) in [5.41, 5.74) is 3.11. The molecule has 2 aromatic carbocycles. The van der Waals surface area contributed by atoms with Crippen LogP contribution in [0.25, 0.3) is 5.69 Å². The van der Waals surface area contributed by atoms with Gasteiger partial charge in [0.1, 0.15) is 0 Å². The zero-order chi connectivity index (χ0) is 20.2. The van der Waals surface area contributed by atoms with Crippen LogP contribution in [0.4, 0.5) is 4.79 Å². The van der Waals surface area contributed by atoms with Crippen LogP contribution < -0.4 is 10.6 Å². The van der Waals surface area contributed by atoms with Crippen LogP contribution in [0.1, 0.15) is 21.5 Å². The predicted molar refractivity (Wildman–Crippen MR) is 105 cm³/mol. The van der Waals surface area contributed by atoms with Crippen LogP contribution >= 0.6 is 0 Å². The van der Waals surface area contributed by atoms with Crippen molar-refractivity contribution >= 4 is 17.8 Å². The second-order valence-corrected chi connectivity index (χ2v) is 6.65. The molecular formula is C21H19N5O3. The number of amides is 4. The van der Waals surface area contributed by atoms with Crippen LogP contribution in [0, 0.1) is 0 Å². The average molecular weight is 389 g/mol. The van der Waals surface area contributed by atoms with Gasteiger partial charge in [0.05, 0.1) is 25.0 Å². The van der Waals surface area contributed by atoms with Gasteiger partial charge in [-0.2, -0.15) is 5.10 Å². The summed E-state index contributed by atoms with van der Waals surface area (Å²) in [4.78, 5) is 36.8. The molecule has 4 rings (SSSR count). The number of hydrogen-bond donors (Lipinski definition) is 2. The highest BCUT2D eigenvalue weighted by atomic mass is 16.2. The van der Waals surface area contributed by atoms with Crippen LogP contribution in [0.5, 0.6) is 0 Å². The van der Waals surface area contributed by atoms with E-state index in [0.717, 1.165) is 21.7 Å². The van der Waals surface area contributed by atoms with E-state index in [1.54, 1.807) is 35.1 Å². The van der Waals surface area contributed by atoms with E-state index in [2.05, 4.69) is 15.7 Å². The Morgan fingerprint density at radius 3 is 2.48 bits per heavy atom. The fourth-order valence-corrected chi connectivity index (χ4v) is 3.02. The second-order valence-electron chi connectivity index (χ2n) is 6.65. The molecule has 1 saturated heterocycles. The molecule has 1 aromatic heterocycles. The molecule has 2 N–H and O–H groups in total. The number of urea groups is 1. The molecule has 3 aromatic rings. The maximum Gasteiger partial charge on any atom is 0.324 e. The Balaban J connectivity index is 1.34. The van der Waals surface area contributed by atoms with Crippen molar-refractivity contribution in [2.24, 2.45) is 0 Å². The molecule has 0 bridgehead atoms. The minimum atomic E-state index is -0.395. The summed E-state index contributed by atoms with van der Waals surface area (Å²) >= 11 is 0. The van der Waals surface area contributed by atoms with Gasteiger partial charge in [0.15, 0.2) is 0 Å². The van der Waals surface area contributed by atoms with E-state index in [4.69, 9.17) is 0 Å². The minimum absolute atomic E-state index is 0.0280. The molecule has 0 atom stereocenters. The molecule has 8 nitrogen and oxygen atoms in total. The largest absolute Gasteiger partial charge is 0.348 e. The molecule has 0 saturated carbocycles. The Morgan fingerprint density at radius 1 is 1.03 bits per heavy atom. The van der Waals surface area contributed by atoms with Crippen LogP contribution in [0.2, 0.25) is 0 Å². The topological polar surface area (TPSA) is 96.3 Å². The van der Waals surface area contributed by atoms with Crippen LogP contribution in [-0.4, -0.2) is 39.1 Å². The number of carbonyl (C=O) groups excluding carboxylic acids is 3. The quantitative estimate of drug-likeness (QED) is 0.629.